The molecule has 98 valence electrons. The van der Waals surface area contributed by atoms with E-state index in [-0.39, 0.29) is 0 Å². The van der Waals surface area contributed by atoms with Gasteiger partial charge in [-0.1, -0.05) is 0 Å². The van der Waals surface area contributed by atoms with Crippen molar-refractivity contribution in [2.24, 2.45) is 5.92 Å². The molecule has 1 atom stereocenters. The lowest BCUT2D eigenvalue weighted by molar-refractivity contribution is 0.316. The summed E-state index contributed by atoms with van der Waals surface area (Å²) in [5.74, 6) is 2.21. The minimum atomic E-state index is 0.610. The van der Waals surface area contributed by atoms with E-state index in [1.165, 1.54) is 38.7 Å². The molecule has 18 heavy (non-hydrogen) atoms. The minimum Gasteiger partial charge on any atom is -0.481 e. The highest BCUT2D eigenvalue weighted by Crippen LogP contribution is 2.31. The Morgan fingerprint density at radius 1 is 1.39 bits per heavy atom. The maximum absolute atomic E-state index is 5.08. The second-order valence-electron chi connectivity index (χ2n) is 5.21. The normalized spacial score (nSPS) is 24.2. The van der Waals surface area contributed by atoms with Gasteiger partial charge in [-0.05, 0) is 31.7 Å². The number of ether oxygens (including phenoxy) is 1. The molecule has 1 aliphatic carbocycles. The van der Waals surface area contributed by atoms with Gasteiger partial charge in [-0.25, -0.2) is 9.97 Å². The van der Waals surface area contributed by atoms with Crippen LogP contribution in [0.4, 0.5) is 5.82 Å². The van der Waals surface area contributed by atoms with Gasteiger partial charge in [-0.2, -0.15) is 0 Å². The predicted octanol–water partition coefficient (Wildman–Crippen LogP) is 1.38. The van der Waals surface area contributed by atoms with Crippen LogP contribution in [0.1, 0.15) is 19.3 Å². The molecule has 2 aliphatic rings. The van der Waals surface area contributed by atoms with Crippen molar-refractivity contribution < 1.29 is 4.74 Å². The van der Waals surface area contributed by atoms with Gasteiger partial charge in [0.25, 0.3) is 0 Å². The van der Waals surface area contributed by atoms with E-state index in [1.54, 1.807) is 7.11 Å². The van der Waals surface area contributed by atoms with Crippen LogP contribution < -0.4 is 10.1 Å². The number of nitrogens with one attached hydrogen (secondary N) is 1. The molecule has 0 aromatic carbocycles. The van der Waals surface area contributed by atoms with Crippen molar-refractivity contribution >= 4 is 5.82 Å². The highest BCUT2D eigenvalue weighted by atomic mass is 16.5. The van der Waals surface area contributed by atoms with E-state index >= 15 is 0 Å². The SMILES string of the molecule is COc1cc(NCC2CCN(C3CC3)C2)ncn1. The highest BCUT2D eigenvalue weighted by Gasteiger charge is 2.34. The molecular weight excluding hydrogens is 228 g/mol. The second-order valence-corrected chi connectivity index (χ2v) is 5.21. The summed E-state index contributed by atoms with van der Waals surface area (Å²) in [6.45, 7) is 3.49. The number of anilines is 1. The highest BCUT2D eigenvalue weighted by molar-refractivity contribution is 5.37. The van der Waals surface area contributed by atoms with Gasteiger partial charge < -0.3 is 15.0 Å². The number of likely N-dealkylation sites (tertiary alicyclic amines) is 1. The van der Waals surface area contributed by atoms with Crippen molar-refractivity contribution in [2.75, 3.05) is 32.1 Å². The van der Waals surface area contributed by atoms with Crippen molar-refractivity contribution in [2.45, 2.75) is 25.3 Å². The van der Waals surface area contributed by atoms with Gasteiger partial charge in [-0.15, -0.1) is 0 Å². The van der Waals surface area contributed by atoms with E-state index in [0.717, 1.165) is 24.3 Å². The average Bonchev–Trinajstić information content (AvgIpc) is 3.16. The predicted molar refractivity (Wildman–Crippen MR) is 69.8 cm³/mol. The van der Waals surface area contributed by atoms with Crippen LogP contribution in [0.15, 0.2) is 12.4 Å². The van der Waals surface area contributed by atoms with Gasteiger partial charge >= 0.3 is 0 Å². The van der Waals surface area contributed by atoms with E-state index in [4.69, 9.17) is 4.74 Å². The van der Waals surface area contributed by atoms with Crippen LogP contribution in [-0.4, -0.2) is 47.7 Å². The summed E-state index contributed by atoms with van der Waals surface area (Å²) in [5, 5.41) is 3.38. The van der Waals surface area contributed by atoms with Crippen molar-refractivity contribution in [1.82, 2.24) is 14.9 Å². The van der Waals surface area contributed by atoms with Crippen LogP contribution in [0.25, 0.3) is 0 Å². The number of rotatable bonds is 5. The monoisotopic (exact) mass is 248 g/mol. The molecule has 1 aromatic rings. The third kappa shape index (κ3) is 2.72. The molecule has 0 spiro atoms. The van der Waals surface area contributed by atoms with E-state index < -0.39 is 0 Å². The average molecular weight is 248 g/mol. The first kappa shape index (κ1) is 11.7. The number of hydrogen-bond donors (Lipinski definition) is 1. The van der Waals surface area contributed by atoms with Gasteiger partial charge in [0, 0.05) is 25.2 Å². The van der Waals surface area contributed by atoms with Crippen LogP contribution in [0.5, 0.6) is 5.88 Å². The van der Waals surface area contributed by atoms with Crippen molar-refractivity contribution in [3.63, 3.8) is 0 Å². The molecule has 5 heteroatoms. The molecule has 1 saturated heterocycles. The molecule has 1 aliphatic heterocycles. The molecule has 3 rings (SSSR count). The maximum atomic E-state index is 5.08. The third-order valence-corrected chi connectivity index (χ3v) is 3.80. The van der Waals surface area contributed by atoms with Gasteiger partial charge in [-0.3, -0.25) is 0 Å². The minimum absolute atomic E-state index is 0.610. The number of methoxy groups -OCH3 is 1. The van der Waals surface area contributed by atoms with Gasteiger partial charge in [0.2, 0.25) is 5.88 Å². The summed E-state index contributed by atoms with van der Waals surface area (Å²) in [4.78, 5) is 10.8. The zero-order chi connectivity index (χ0) is 12.4. The van der Waals surface area contributed by atoms with Gasteiger partial charge in [0.15, 0.2) is 0 Å². The van der Waals surface area contributed by atoms with Crippen molar-refractivity contribution in [3.05, 3.63) is 12.4 Å². The molecule has 1 unspecified atom stereocenters. The smallest absolute Gasteiger partial charge is 0.218 e. The fourth-order valence-corrected chi connectivity index (χ4v) is 2.60. The number of nitrogens with zero attached hydrogens (tertiary/aromatic N) is 3. The Morgan fingerprint density at radius 3 is 3.06 bits per heavy atom. The summed E-state index contributed by atoms with van der Waals surface area (Å²) in [6, 6.07) is 2.74. The standard InChI is InChI=1S/C13H20N4O/c1-18-13-6-12(15-9-16-13)14-7-10-4-5-17(8-10)11-2-3-11/h6,9-11H,2-5,7-8H2,1H3,(H,14,15,16). The summed E-state index contributed by atoms with van der Waals surface area (Å²) >= 11 is 0. The van der Waals surface area contributed by atoms with E-state index in [0.29, 0.717) is 5.88 Å². The lowest BCUT2D eigenvalue weighted by atomic mass is 10.1. The van der Waals surface area contributed by atoms with Crippen molar-refractivity contribution in [1.29, 1.82) is 0 Å². The van der Waals surface area contributed by atoms with Crippen LogP contribution in [0.2, 0.25) is 0 Å². The number of hydrogen-bond acceptors (Lipinski definition) is 5. The number of aromatic nitrogens is 2. The molecule has 0 bridgehead atoms. The fraction of sp³-hybridized carbons (Fsp3) is 0.692. The topological polar surface area (TPSA) is 50.3 Å². The molecule has 1 N–H and O–H groups in total. The van der Waals surface area contributed by atoms with Crippen LogP contribution >= 0.6 is 0 Å². The van der Waals surface area contributed by atoms with E-state index in [2.05, 4.69) is 20.2 Å². The largest absolute Gasteiger partial charge is 0.481 e. The van der Waals surface area contributed by atoms with Gasteiger partial charge in [0.1, 0.15) is 12.1 Å². The Hall–Kier alpha value is -1.36. The summed E-state index contributed by atoms with van der Waals surface area (Å²) in [7, 11) is 1.62. The van der Waals surface area contributed by atoms with Crippen LogP contribution in [0, 0.1) is 5.92 Å². The summed E-state index contributed by atoms with van der Waals surface area (Å²) < 4.78 is 5.08. The molecule has 5 nitrogen and oxygen atoms in total. The van der Waals surface area contributed by atoms with Crippen molar-refractivity contribution in [3.8, 4) is 5.88 Å². The molecule has 2 fully saturated rings. The van der Waals surface area contributed by atoms with Gasteiger partial charge in [0.05, 0.1) is 7.11 Å². The molecule has 1 aromatic heterocycles. The van der Waals surface area contributed by atoms with Crippen LogP contribution in [0.3, 0.4) is 0 Å². The summed E-state index contributed by atoms with van der Waals surface area (Å²) in [6.07, 6.45) is 5.64. The second kappa shape index (κ2) is 5.10. The molecular formula is C13H20N4O. The molecule has 0 radical (unpaired) electrons. The third-order valence-electron chi connectivity index (χ3n) is 3.80. The molecule has 1 saturated carbocycles. The Balaban J connectivity index is 1.48. The fourth-order valence-electron chi connectivity index (χ4n) is 2.60. The Morgan fingerprint density at radius 2 is 2.28 bits per heavy atom. The van der Waals surface area contributed by atoms with E-state index in [9.17, 15) is 0 Å². The first-order chi connectivity index (χ1) is 8.85. The Kier molecular flexibility index (Phi) is 3.32. The first-order valence-electron chi connectivity index (χ1n) is 6.69. The molecule has 2 heterocycles. The summed E-state index contributed by atoms with van der Waals surface area (Å²) in [5.41, 5.74) is 0. The maximum Gasteiger partial charge on any atom is 0.218 e. The zero-order valence-electron chi connectivity index (χ0n) is 10.8. The first-order valence-corrected chi connectivity index (χ1v) is 6.69. The lowest BCUT2D eigenvalue weighted by Crippen LogP contribution is -2.24. The quantitative estimate of drug-likeness (QED) is 0.853. The lowest BCUT2D eigenvalue weighted by Gasteiger charge is -2.15. The van der Waals surface area contributed by atoms with Crippen LogP contribution in [-0.2, 0) is 0 Å². The molecule has 0 amide bonds. The van der Waals surface area contributed by atoms with E-state index in [1.807, 2.05) is 6.07 Å². The Bertz CT molecular complexity index is 408. The Labute approximate surface area is 108 Å². The zero-order valence-corrected chi connectivity index (χ0v) is 10.8.